The standard InChI is InChI=1S/C16H31N3O/c1-18-9-7-15(8-10-18)19(2)16(20)11-13-3-5-14(12-17)6-4-13/h13-15H,3-12,17H2,1-2H3. The van der Waals surface area contributed by atoms with Gasteiger partial charge < -0.3 is 15.5 Å². The molecular formula is C16H31N3O. The minimum atomic E-state index is 0.357. The summed E-state index contributed by atoms with van der Waals surface area (Å²) in [5.41, 5.74) is 5.73. The molecule has 0 bridgehead atoms. The molecule has 0 unspecified atom stereocenters. The van der Waals surface area contributed by atoms with Crippen LogP contribution in [0, 0.1) is 11.8 Å². The van der Waals surface area contributed by atoms with Crippen LogP contribution in [0.1, 0.15) is 44.9 Å². The lowest BCUT2D eigenvalue weighted by Gasteiger charge is -2.36. The van der Waals surface area contributed by atoms with Crippen LogP contribution in [-0.2, 0) is 4.79 Å². The Labute approximate surface area is 123 Å². The Balaban J connectivity index is 1.74. The number of nitrogens with zero attached hydrogens (tertiary/aromatic N) is 2. The molecule has 1 amide bonds. The quantitative estimate of drug-likeness (QED) is 0.853. The highest BCUT2D eigenvalue weighted by Gasteiger charge is 2.27. The normalized spacial score (nSPS) is 29.4. The molecule has 0 aromatic carbocycles. The first-order valence-electron chi connectivity index (χ1n) is 8.24. The largest absolute Gasteiger partial charge is 0.343 e. The van der Waals surface area contributed by atoms with E-state index in [2.05, 4.69) is 11.9 Å². The second kappa shape index (κ2) is 7.41. The highest BCUT2D eigenvalue weighted by Crippen LogP contribution is 2.31. The van der Waals surface area contributed by atoms with Gasteiger partial charge in [-0.25, -0.2) is 0 Å². The predicted molar refractivity (Wildman–Crippen MR) is 82.4 cm³/mol. The zero-order valence-corrected chi connectivity index (χ0v) is 13.2. The van der Waals surface area contributed by atoms with Gasteiger partial charge in [0.1, 0.15) is 0 Å². The molecule has 2 fully saturated rings. The number of carbonyl (C=O) groups is 1. The van der Waals surface area contributed by atoms with Crippen molar-refractivity contribution in [1.29, 1.82) is 0 Å². The molecule has 0 aromatic heterocycles. The van der Waals surface area contributed by atoms with Gasteiger partial charge in [0.2, 0.25) is 5.91 Å². The van der Waals surface area contributed by atoms with E-state index in [-0.39, 0.29) is 0 Å². The van der Waals surface area contributed by atoms with Crippen LogP contribution in [0.2, 0.25) is 0 Å². The molecule has 1 aliphatic heterocycles. The van der Waals surface area contributed by atoms with E-state index in [1.807, 2.05) is 11.9 Å². The van der Waals surface area contributed by atoms with Crippen LogP contribution in [0.15, 0.2) is 0 Å². The number of hydrogen-bond donors (Lipinski definition) is 1. The fourth-order valence-corrected chi connectivity index (χ4v) is 3.65. The number of amides is 1. The maximum absolute atomic E-state index is 12.4. The van der Waals surface area contributed by atoms with Crippen molar-refractivity contribution in [1.82, 2.24) is 9.80 Å². The predicted octanol–water partition coefficient (Wildman–Crippen LogP) is 1.69. The summed E-state index contributed by atoms with van der Waals surface area (Å²) < 4.78 is 0. The molecule has 0 radical (unpaired) electrons. The fourth-order valence-electron chi connectivity index (χ4n) is 3.65. The van der Waals surface area contributed by atoms with Gasteiger partial charge in [0.15, 0.2) is 0 Å². The Morgan fingerprint density at radius 2 is 1.65 bits per heavy atom. The zero-order chi connectivity index (χ0) is 14.5. The van der Waals surface area contributed by atoms with Crippen LogP contribution < -0.4 is 5.73 Å². The maximum Gasteiger partial charge on any atom is 0.222 e. The van der Waals surface area contributed by atoms with Crippen molar-refractivity contribution in [2.24, 2.45) is 17.6 Å². The highest BCUT2D eigenvalue weighted by atomic mass is 16.2. The Bertz CT molecular complexity index is 305. The second-order valence-corrected chi connectivity index (χ2v) is 6.87. The van der Waals surface area contributed by atoms with Crippen molar-refractivity contribution in [3.8, 4) is 0 Å². The Morgan fingerprint density at radius 1 is 1.10 bits per heavy atom. The number of nitrogens with two attached hydrogens (primary N) is 1. The van der Waals surface area contributed by atoms with E-state index < -0.39 is 0 Å². The van der Waals surface area contributed by atoms with E-state index >= 15 is 0 Å². The molecule has 2 aliphatic rings. The van der Waals surface area contributed by atoms with Gasteiger partial charge in [0, 0.05) is 19.5 Å². The molecule has 2 N–H and O–H groups in total. The Hall–Kier alpha value is -0.610. The first-order chi connectivity index (χ1) is 9.60. The van der Waals surface area contributed by atoms with Crippen molar-refractivity contribution in [2.45, 2.75) is 51.0 Å². The third-order valence-electron chi connectivity index (χ3n) is 5.39. The van der Waals surface area contributed by atoms with Gasteiger partial charge in [-0.3, -0.25) is 4.79 Å². The van der Waals surface area contributed by atoms with Gasteiger partial charge in [-0.2, -0.15) is 0 Å². The fraction of sp³-hybridized carbons (Fsp3) is 0.938. The van der Waals surface area contributed by atoms with Gasteiger partial charge in [0.05, 0.1) is 0 Å². The molecule has 2 rings (SSSR count). The van der Waals surface area contributed by atoms with Gasteiger partial charge in [-0.1, -0.05) is 0 Å². The number of piperidine rings is 1. The van der Waals surface area contributed by atoms with Crippen LogP contribution >= 0.6 is 0 Å². The molecule has 20 heavy (non-hydrogen) atoms. The lowest BCUT2D eigenvalue weighted by molar-refractivity contribution is -0.134. The number of hydrogen-bond acceptors (Lipinski definition) is 3. The first-order valence-corrected chi connectivity index (χ1v) is 8.24. The summed E-state index contributed by atoms with van der Waals surface area (Å²) in [5.74, 6) is 1.66. The second-order valence-electron chi connectivity index (χ2n) is 6.87. The average Bonchev–Trinajstić information content (AvgIpc) is 2.48. The molecule has 1 saturated carbocycles. The smallest absolute Gasteiger partial charge is 0.222 e. The summed E-state index contributed by atoms with van der Waals surface area (Å²) in [6.45, 7) is 3.05. The van der Waals surface area contributed by atoms with Crippen molar-refractivity contribution in [3.63, 3.8) is 0 Å². The third-order valence-corrected chi connectivity index (χ3v) is 5.39. The molecule has 0 atom stereocenters. The monoisotopic (exact) mass is 281 g/mol. The van der Waals surface area contributed by atoms with Gasteiger partial charge in [0.25, 0.3) is 0 Å². The summed E-state index contributed by atoms with van der Waals surface area (Å²) in [4.78, 5) is 16.8. The molecule has 1 heterocycles. The van der Waals surface area contributed by atoms with Gasteiger partial charge in [-0.05, 0) is 77.0 Å². The zero-order valence-electron chi connectivity index (χ0n) is 13.2. The van der Waals surface area contributed by atoms with E-state index in [1.165, 1.54) is 25.7 Å². The van der Waals surface area contributed by atoms with Crippen LogP contribution in [0.3, 0.4) is 0 Å². The van der Waals surface area contributed by atoms with Crippen molar-refractivity contribution in [2.75, 3.05) is 33.7 Å². The summed E-state index contributed by atoms with van der Waals surface area (Å²) in [7, 11) is 4.16. The molecule has 116 valence electrons. The summed E-state index contributed by atoms with van der Waals surface area (Å²) in [6, 6.07) is 0.457. The van der Waals surface area contributed by atoms with E-state index in [0.717, 1.165) is 38.9 Å². The van der Waals surface area contributed by atoms with Gasteiger partial charge >= 0.3 is 0 Å². The molecule has 0 aromatic rings. The first kappa shape index (κ1) is 15.8. The van der Waals surface area contributed by atoms with Crippen molar-refractivity contribution < 1.29 is 4.79 Å². The van der Waals surface area contributed by atoms with Crippen LogP contribution in [0.4, 0.5) is 0 Å². The van der Waals surface area contributed by atoms with Crippen LogP contribution in [0.25, 0.3) is 0 Å². The molecule has 0 spiro atoms. The number of likely N-dealkylation sites (tertiary alicyclic amines) is 1. The topological polar surface area (TPSA) is 49.6 Å². The molecule has 4 heteroatoms. The Kier molecular flexibility index (Phi) is 5.85. The van der Waals surface area contributed by atoms with E-state index in [9.17, 15) is 4.79 Å². The lowest BCUT2D eigenvalue weighted by atomic mass is 9.80. The number of rotatable bonds is 4. The van der Waals surface area contributed by atoms with Crippen molar-refractivity contribution >= 4 is 5.91 Å². The summed E-state index contributed by atoms with van der Waals surface area (Å²) in [6.07, 6.45) is 7.81. The maximum atomic E-state index is 12.4. The summed E-state index contributed by atoms with van der Waals surface area (Å²) >= 11 is 0. The SMILES string of the molecule is CN1CCC(N(C)C(=O)CC2CCC(CN)CC2)CC1. The molecular weight excluding hydrogens is 250 g/mol. The third kappa shape index (κ3) is 4.19. The molecule has 4 nitrogen and oxygen atoms in total. The Morgan fingerprint density at radius 3 is 2.20 bits per heavy atom. The molecule has 1 aliphatic carbocycles. The van der Waals surface area contributed by atoms with E-state index in [1.54, 1.807) is 0 Å². The minimum Gasteiger partial charge on any atom is -0.343 e. The van der Waals surface area contributed by atoms with E-state index in [0.29, 0.717) is 23.8 Å². The summed E-state index contributed by atoms with van der Waals surface area (Å²) in [5, 5.41) is 0. The van der Waals surface area contributed by atoms with Gasteiger partial charge in [-0.15, -0.1) is 0 Å². The minimum absolute atomic E-state index is 0.357. The average molecular weight is 281 g/mol. The lowest BCUT2D eigenvalue weighted by Crippen LogP contribution is -2.45. The highest BCUT2D eigenvalue weighted by molar-refractivity contribution is 5.76. The van der Waals surface area contributed by atoms with Crippen LogP contribution in [0.5, 0.6) is 0 Å². The van der Waals surface area contributed by atoms with E-state index in [4.69, 9.17) is 5.73 Å². The molecule has 1 saturated heterocycles. The van der Waals surface area contributed by atoms with Crippen molar-refractivity contribution in [3.05, 3.63) is 0 Å². The van der Waals surface area contributed by atoms with Crippen LogP contribution in [-0.4, -0.2) is 55.5 Å². The number of carbonyl (C=O) groups excluding carboxylic acids is 1.